The number of rotatable bonds is 11. The van der Waals surface area contributed by atoms with Gasteiger partial charge in [0.2, 0.25) is 5.60 Å². The molecule has 2 aromatic carbocycles. The number of fused-ring (bicyclic) bond motifs is 2. The van der Waals surface area contributed by atoms with Crippen LogP contribution >= 0.6 is 23.1 Å². The average molecular weight is 750 g/mol. The summed E-state index contributed by atoms with van der Waals surface area (Å²) in [4.78, 5) is 60.9. The molecule has 1 saturated heterocycles. The second kappa shape index (κ2) is 14.0. The minimum absolute atomic E-state index is 0.0174. The molecule has 0 radical (unpaired) electrons. The zero-order valence-corrected chi connectivity index (χ0v) is 30.0. The number of hydrogen-bond donors (Lipinski definition) is 6. The number of nitrogens with two attached hydrogens (primary N) is 1. The lowest BCUT2D eigenvalue weighted by Crippen LogP contribution is -2.71. The Morgan fingerprint density at radius 1 is 1.13 bits per heavy atom. The number of phenolic OH excluding ortho intramolecular Hbond substituents is 2. The standard InChI is InChI=1S/C35H36N6O9S2/c1-35(2,33(48)49)50-39-26(23-17-52-34(36)37-23)29(44)38-27-30(45)40-28(32(46)47)21(16-51-31(27)40)9-8-18-4-6-19(7-5-18)14-41(3)11-10-20-12-24(42)25(43)13-22(20)15-41/h4-9,12-13,17,27,31H,10-11,14-16H2,1-3H3,(H6-,36,37,38,39,42,43,44,46,47,48,49)/p+1/b9-8-/t27-,31-,41?/m1/s1. The number of β-lactam (4-membered cyclic amide) rings is 1. The minimum atomic E-state index is -1.78. The fourth-order valence-corrected chi connectivity index (χ4v) is 8.08. The molecule has 3 aliphatic heterocycles. The predicted octanol–water partition coefficient (Wildman–Crippen LogP) is 2.88. The van der Waals surface area contributed by atoms with E-state index in [1.165, 1.54) is 31.0 Å². The molecule has 17 heteroatoms. The molecule has 0 aliphatic carbocycles. The summed E-state index contributed by atoms with van der Waals surface area (Å²) < 4.78 is 0.731. The van der Waals surface area contributed by atoms with Crippen LogP contribution in [0.5, 0.6) is 11.5 Å². The van der Waals surface area contributed by atoms with E-state index in [2.05, 4.69) is 22.5 Å². The number of allylic oxidation sites excluding steroid dienone is 1. The molecule has 0 spiro atoms. The van der Waals surface area contributed by atoms with E-state index in [-0.39, 0.29) is 33.8 Å². The average Bonchev–Trinajstić information content (AvgIpc) is 3.52. The van der Waals surface area contributed by atoms with E-state index in [0.29, 0.717) is 12.1 Å². The van der Waals surface area contributed by atoms with Crippen molar-refractivity contribution in [3.63, 3.8) is 0 Å². The number of thioether (sulfide) groups is 1. The molecule has 0 bridgehead atoms. The van der Waals surface area contributed by atoms with Crippen LogP contribution in [0.25, 0.3) is 6.08 Å². The summed E-state index contributed by atoms with van der Waals surface area (Å²) in [5, 5.41) is 46.5. The van der Waals surface area contributed by atoms with Crippen LogP contribution in [-0.2, 0) is 43.5 Å². The van der Waals surface area contributed by atoms with E-state index in [4.69, 9.17) is 10.6 Å². The number of quaternary nitrogens is 1. The Kier molecular flexibility index (Phi) is 9.78. The van der Waals surface area contributed by atoms with Crippen molar-refractivity contribution in [1.29, 1.82) is 0 Å². The lowest BCUT2D eigenvalue weighted by molar-refractivity contribution is -0.937. The summed E-state index contributed by atoms with van der Waals surface area (Å²) in [6.07, 6.45) is 4.25. The van der Waals surface area contributed by atoms with Crippen LogP contribution < -0.4 is 11.1 Å². The van der Waals surface area contributed by atoms with Crippen LogP contribution in [0.2, 0.25) is 0 Å². The Labute approximate surface area is 306 Å². The number of thiazole rings is 1. The van der Waals surface area contributed by atoms with E-state index >= 15 is 0 Å². The lowest BCUT2D eigenvalue weighted by Gasteiger charge is -2.49. The highest BCUT2D eigenvalue weighted by Crippen LogP contribution is 2.41. The molecule has 3 atom stereocenters. The minimum Gasteiger partial charge on any atom is -0.504 e. The van der Waals surface area contributed by atoms with Gasteiger partial charge in [0.1, 0.15) is 35.9 Å². The second-order valence-corrected chi connectivity index (χ2v) is 15.5. The number of benzene rings is 2. The molecule has 1 aromatic heterocycles. The summed E-state index contributed by atoms with van der Waals surface area (Å²) in [5.74, 6) is -4.09. The van der Waals surface area contributed by atoms with Gasteiger partial charge in [-0.25, -0.2) is 14.6 Å². The number of carbonyl (C=O) groups is 4. The number of aromatic nitrogens is 1. The summed E-state index contributed by atoms with van der Waals surface area (Å²) >= 11 is 2.31. The number of nitrogens with zero attached hydrogens (tertiary/aromatic N) is 4. The molecule has 6 rings (SSSR count). The van der Waals surface area contributed by atoms with Crippen LogP contribution in [0, 0.1) is 0 Å². The van der Waals surface area contributed by atoms with Crippen LogP contribution in [0.4, 0.5) is 5.13 Å². The van der Waals surface area contributed by atoms with Gasteiger partial charge >= 0.3 is 11.9 Å². The highest BCUT2D eigenvalue weighted by Gasteiger charge is 2.54. The van der Waals surface area contributed by atoms with Crippen LogP contribution in [0.3, 0.4) is 0 Å². The van der Waals surface area contributed by atoms with Gasteiger partial charge in [-0.05, 0) is 42.7 Å². The van der Waals surface area contributed by atoms with E-state index in [0.717, 1.165) is 62.5 Å². The Bertz CT molecular complexity index is 2060. The van der Waals surface area contributed by atoms with Gasteiger partial charge in [0.05, 0.1) is 13.6 Å². The number of carboxylic acid groups (broad SMARTS) is 2. The molecule has 4 heterocycles. The van der Waals surface area contributed by atoms with Gasteiger partial charge in [-0.2, -0.15) is 0 Å². The topological polar surface area (TPSA) is 225 Å². The predicted molar refractivity (Wildman–Crippen MR) is 193 cm³/mol. The van der Waals surface area contributed by atoms with Gasteiger partial charge in [-0.3, -0.25) is 14.5 Å². The van der Waals surface area contributed by atoms with Crippen molar-refractivity contribution in [2.24, 2.45) is 5.16 Å². The molecule has 7 N–H and O–H groups in total. The van der Waals surface area contributed by atoms with Crippen molar-refractivity contribution in [3.8, 4) is 11.5 Å². The molecule has 3 aliphatic rings. The van der Waals surface area contributed by atoms with Gasteiger partial charge in [0, 0.05) is 28.7 Å². The van der Waals surface area contributed by atoms with Crippen molar-refractivity contribution in [2.45, 2.75) is 50.4 Å². The van der Waals surface area contributed by atoms with Crippen LogP contribution in [0.1, 0.15) is 41.8 Å². The fraction of sp³-hybridized carbons (Fsp3) is 0.314. The normalized spacial score (nSPS) is 21.7. The van der Waals surface area contributed by atoms with Crippen LogP contribution in [-0.4, -0.2) is 101 Å². The molecule has 3 aromatic rings. The monoisotopic (exact) mass is 749 g/mol. The smallest absolute Gasteiger partial charge is 0.352 e. The molecule has 1 fully saturated rings. The Morgan fingerprint density at radius 3 is 2.46 bits per heavy atom. The van der Waals surface area contributed by atoms with Crippen molar-refractivity contribution in [2.75, 3.05) is 25.1 Å². The molecule has 2 amide bonds. The molecular formula is C35H37N6O9S2+. The van der Waals surface area contributed by atoms with E-state index < -0.39 is 46.5 Å². The summed E-state index contributed by atoms with van der Waals surface area (Å²) in [6.45, 7) is 4.83. The number of likely N-dealkylation sites (N-methyl/N-ethyl adjacent to an activating group) is 1. The quantitative estimate of drug-likeness (QED) is 0.0548. The van der Waals surface area contributed by atoms with Gasteiger partial charge in [0.25, 0.3) is 11.8 Å². The molecule has 0 saturated carbocycles. The number of aromatic hydroxyl groups is 2. The van der Waals surface area contributed by atoms with Crippen LogP contribution in [0.15, 0.2) is 64.3 Å². The number of hydrogen-bond acceptors (Lipinski definition) is 12. The van der Waals surface area contributed by atoms with Crippen molar-refractivity contribution in [1.82, 2.24) is 15.2 Å². The summed E-state index contributed by atoms with van der Waals surface area (Å²) in [6, 6.07) is 10.1. The first-order valence-corrected chi connectivity index (χ1v) is 18.1. The first kappa shape index (κ1) is 36.4. The number of nitrogens with one attached hydrogen (secondary N) is 1. The number of phenols is 2. The molecule has 1 unspecified atom stereocenters. The molecular weight excluding hydrogens is 713 g/mol. The zero-order chi connectivity index (χ0) is 37.5. The van der Waals surface area contributed by atoms with E-state index in [9.17, 15) is 39.6 Å². The molecule has 272 valence electrons. The van der Waals surface area contributed by atoms with Crippen molar-refractivity contribution in [3.05, 3.63) is 87.1 Å². The van der Waals surface area contributed by atoms with Gasteiger partial charge in [-0.15, -0.1) is 23.1 Å². The fourth-order valence-electron chi connectivity index (χ4n) is 6.21. The third kappa shape index (κ3) is 7.33. The van der Waals surface area contributed by atoms with Crippen molar-refractivity contribution < 1.29 is 48.9 Å². The zero-order valence-electron chi connectivity index (χ0n) is 28.4. The largest absolute Gasteiger partial charge is 0.504 e. The number of anilines is 1. The third-order valence-corrected chi connectivity index (χ3v) is 11.1. The molecule has 15 nitrogen and oxygen atoms in total. The van der Waals surface area contributed by atoms with E-state index in [1.54, 1.807) is 24.3 Å². The maximum Gasteiger partial charge on any atom is 0.352 e. The summed E-state index contributed by atoms with van der Waals surface area (Å²) in [7, 11) is 2.16. The number of carbonyl (C=O) groups excluding carboxylic acids is 2. The number of nitrogen functional groups attached to an aromatic ring is 1. The third-order valence-electron chi connectivity index (χ3n) is 9.14. The second-order valence-electron chi connectivity index (χ2n) is 13.6. The lowest BCUT2D eigenvalue weighted by atomic mass is 9.96. The Balaban J connectivity index is 1.13. The van der Waals surface area contributed by atoms with Gasteiger partial charge in [-0.1, -0.05) is 41.6 Å². The highest BCUT2D eigenvalue weighted by molar-refractivity contribution is 8.00. The number of carboxylic acids is 2. The van der Waals surface area contributed by atoms with E-state index in [1.807, 2.05) is 24.3 Å². The van der Waals surface area contributed by atoms with Gasteiger partial charge in [0.15, 0.2) is 22.3 Å². The Morgan fingerprint density at radius 2 is 1.83 bits per heavy atom. The maximum absolute atomic E-state index is 13.3. The first-order chi connectivity index (χ1) is 24.5. The number of amides is 2. The van der Waals surface area contributed by atoms with Gasteiger partial charge < -0.3 is 40.8 Å². The highest BCUT2D eigenvalue weighted by atomic mass is 32.2. The first-order valence-electron chi connectivity index (χ1n) is 16.1. The SMILES string of the molecule is CC(C)(O/N=C(\C(=O)N[C@@H]1C(=O)N2C(C(=O)O)=C(/C=C\c3ccc(C[N+]4(C)CCc5cc(O)c(O)cc5C4)cc3)CS[C@H]12)c1csc(N)n1)C(=O)O. The summed E-state index contributed by atoms with van der Waals surface area (Å²) in [5.41, 5.74) is 7.82. The number of oxime groups is 1. The van der Waals surface area contributed by atoms with Crippen molar-refractivity contribution >= 4 is 63.8 Å². The molecule has 52 heavy (non-hydrogen) atoms. The Hall–Kier alpha value is -5.39. The number of aliphatic carboxylic acids is 2. The maximum atomic E-state index is 13.3.